The summed E-state index contributed by atoms with van der Waals surface area (Å²) >= 11 is -17.2. The summed E-state index contributed by atoms with van der Waals surface area (Å²) in [6, 6.07) is 0. The van der Waals surface area contributed by atoms with E-state index < -0.39 is 68.2 Å². The fourth-order valence-corrected chi connectivity index (χ4v) is 0. The molecule has 0 unspecified atom stereocenters. The Morgan fingerprint density at radius 2 is 0.333 bits per heavy atom. The smallest absolute Gasteiger partial charge is 0.784 e. The number of hydrogen-bond acceptors (Lipinski definition) is 12. The Balaban J connectivity index is -0.0000000125. The van der Waals surface area contributed by atoms with Crippen molar-refractivity contribution in [1.29, 1.82) is 0 Å². The van der Waals surface area contributed by atoms with Crippen molar-refractivity contribution < 1.29 is 257 Å². The Morgan fingerprint density at radius 1 is 0.333 bits per heavy atom. The van der Waals surface area contributed by atoms with Gasteiger partial charge in [0.05, 0.1) is 0 Å². The molecule has 0 spiro atoms. The van der Waals surface area contributed by atoms with E-state index in [1.54, 1.807) is 0 Å². The van der Waals surface area contributed by atoms with Gasteiger partial charge in [-0.15, -0.1) is 34.1 Å². The zero-order valence-corrected chi connectivity index (χ0v) is 32.9. The molecule has 18 nitrogen and oxygen atoms in total. The summed E-state index contributed by atoms with van der Waals surface area (Å²) in [6.45, 7) is 0. The van der Waals surface area contributed by atoms with Crippen molar-refractivity contribution in [1.82, 2.24) is 0 Å². The minimum absolute atomic E-state index is 0. The molecule has 30 heavy (non-hydrogen) atoms. The summed E-state index contributed by atoms with van der Waals surface area (Å²) in [5.41, 5.74) is 0. The van der Waals surface area contributed by atoms with Crippen molar-refractivity contribution in [2.24, 2.45) is 0 Å². The van der Waals surface area contributed by atoms with Crippen LogP contribution in [0.3, 0.4) is 0 Å². The van der Waals surface area contributed by atoms with Gasteiger partial charge in [-0.05, 0) is 0 Å². The van der Waals surface area contributed by atoms with Crippen molar-refractivity contribution in [3.8, 4) is 0 Å². The molecule has 0 atom stereocenters. The average Bonchev–Trinajstić information content (AvgIpc) is 2.08. The van der Waals surface area contributed by atoms with Crippen LogP contribution in [0, 0.1) is 0 Å². The topological polar surface area (TPSA) is 362 Å². The van der Waals surface area contributed by atoms with Crippen molar-refractivity contribution >= 4 is 68.2 Å². The minimum Gasteiger partial charge on any atom is -0.784 e. The second kappa shape index (κ2) is 70.4. The van der Waals surface area contributed by atoms with Gasteiger partial charge in [-0.2, -0.15) is 12.6 Å². The summed E-state index contributed by atoms with van der Waals surface area (Å²) in [5.74, 6) is 0. The van der Waals surface area contributed by atoms with Crippen LogP contribution in [0.25, 0.3) is 0 Å². The van der Waals surface area contributed by atoms with Gasteiger partial charge in [-0.1, -0.05) is 0 Å². The standard InChI is InChI=1S/6Na.6H2O3S/c;;;;;;6*1-4(2)3/h;;;;;;6*(H2,1,2,3)/q6*+1;;;;;;/p-6. The van der Waals surface area contributed by atoms with Crippen LogP contribution in [0.4, 0.5) is 0 Å². The Morgan fingerprint density at radius 3 is 0.333 bits per heavy atom. The molecule has 30 heteroatoms. The molecule has 0 aromatic carbocycles. The second-order valence-corrected chi connectivity index (χ2v) is 3.91. The third kappa shape index (κ3) is 933. The molecule has 0 saturated carbocycles. The predicted octanol–water partition coefficient (Wildman–Crippen LogP) is -21.9. The van der Waals surface area contributed by atoms with Crippen LogP contribution >= 0.6 is 0 Å². The maximum absolute atomic E-state index is 8.67. The zero-order valence-electron chi connectivity index (χ0n) is 16.0. The maximum atomic E-state index is 8.67. The molecule has 0 aromatic heterocycles. The first-order valence-corrected chi connectivity index (χ1v) is 9.29. The van der Waals surface area contributed by atoms with E-state index in [1.807, 2.05) is 0 Å². The molecule has 0 bridgehead atoms. The summed E-state index contributed by atoms with van der Waals surface area (Å²) < 4.78 is 144. The Labute approximate surface area is 318 Å². The monoisotopic (exact) mass is 624 g/mol. The first kappa shape index (κ1) is 76.6. The molecule has 0 radical (unpaired) electrons. The molecule has 0 rings (SSSR count). The summed E-state index contributed by atoms with van der Waals surface area (Å²) in [6.07, 6.45) is 0. The van der Waals surface area contributed by atoms with Crippen molar-refractivity contribution in [2.75, 3.05) is 0 Å². The van der Waals surface area contributed by atoms with E-state index in [1.165, 1.54) is 0 Å². The minimum atomic E-state index is -3.11. The number of hydrogen-bond donors (Lipinski definition) is 6. The normalized spacial score (nSPS) is 7.00. The molecule has 0 amide bonds. The molecule has 0 saturated heterocycles. The quantitative estimate of drug-likeness (QED) is 0.108. The van der Waals surface area contributed by atoms with E-state index in [4.69, 9.17) is 79.9 Å². The van der Waals surface area contributed by atoms with Gasteiger partial charge in [0.25, 0.3) is 34.1 Å². The fourth-order valence-electron chi connectivity index (χ4n) is 0. The summed E-state index contributed by atoms with van der Waals surface area (Å²) in [5, 5.41) is 0. The van der Waals surface area contributed by atoms with Crippen LogP contribution in [-0.2, 0) is 68.2 Å². The van der Waals surface area contributed by atoms with Gasteiger partial charge < -0.3 is 27.3 Å². The molecule has 0 fully saturated rings. The van der Waals surface area contributed by atoms with E-state index in [9.17, 15) is 0 Å². The van der Waals surface area contributed by atoms with Crippen LogP contribution in [0.5, 0.6) is 0 Å². The maximum Gasteiger partial charge on any atom is 1.00 e. The summed E-state index contributed by atoms with van der Waals surface area (Å²) in [4.78, 5) is 0. The van der Waals surface area contributed by atoms with Crippen molar-refractivity contribution in [3.63, 3.8) is 0 Å². The van der Waals surface area contributed by atoms with E-state index in [0.717, 1.165) is 0 Å². The Bertz CT molecular complexity index is 272. The molecular weight excluding hydrogens is 618 g/mol. The van der Waals surface area contributed by atoms with Crippen molar-refractivity contribution in [2.45, 2.75) is 0 Å². The largest absolute Gasteiger partial charge is 1.00 e. The van der Waals surface area contributed by atoms with E-state index in [-0.39, 0.29) is 177 Å². The van der Waals surface area contributed by atoms with E-state index >= 15 is 0 Å². The molecule has 0 aliphatic carbocycles. The first-order chi connectivity index (χ1) is 10.4. The molecule has 0 aromatic rings. The van der Waals surface area contributed by atoms with Gasteiger partial charge in [0.2, 0.25) is 0 Å². The predicted molar refractivity (Wildman–Crippen MR) is 69.3 cm³/mol. The van der Waals surface area contributed by atoms with Crippen LogP contribution in [0.2, 0.25) is 0 Å². The summed E-state index contributed by atoms with van der Waals surface area (Å²) in [7, 11) is 0. The fraction of sp³-hybridized carbons (Fsp3) is 0. The van der Waals surface area contributed by atoms with Gasteiger partial charge in [0.15, 0.2) is 0 Å². The first-order valence-electron chi connectivity index (χ1n) is 3.10. The van der Waals surface area contributed by atoms with E-state index in [2.05, 4.69) is 0 Å². The Hall–Kier alpha value is 6.42. The third-order valence-corrected chi connectivity index (χ3v) is 0. The van der Waals surface area contributed by atoms with E-state index in [0.29, 0.717) is 0 Å². The molecular formula is H6Na6O18S6. The second-order valence-electron chi connectivity index (χ2n) is 1.30. The van der Waals surface area contributed by atoms with Crippen LogP contribution in [-0.4, -0.2) is 79.9 Å². The van der Waals surface area contributed by atoms with Crippen molar-refractivity contribution in [3.05, 3.63) is 0 Å². The molecule has 0 aliphatic heterocycles. The van der Waals surface area contributed by atoms with Crippen LogP contribution in [0.15, 0.2) is 0 Å². The van der Waals surface area contributed by atoms with Gasteiger partial charge in [0.1, 0.15) is 0 Å². The molecule has 156 valence electrons. The van der Waals surface area contributed by atoms with Gasteiger partial charge >= 0.3 is 177 Å². The molecule has 0 heterocycles. The van der Waals surface area contributed by atoms with Gasteiger partial charge in [0, 0.05) is 0 Å². The number of rotatable bonds is 0. The molecule has 0 aliphatic rings. The van der Waals surface area contributed by atoms with Crippen LogP contribution in [0.1, 0.15) is 0 Å². The third-order valence-electron chi connectivity index (χ3n) is 0. The molecule has 6 N–H and O–H groups in total. The Kier molecular flexibility index (Phi) is 180. The van der Waals surface area contributed by atoms with Crippen LogP contribution < -0.4 is 177 Å². The zero-order chi connectivity index (χ0) is 21.5. The van der Waals surface area contributed by atoms with Gasteiger partial charge in [-0.3, -0.25) is 39.9 Å². The van der Waals surface area contributed by atoms with Gasteiger partial charge in [-0.25, -0.2) is 0 Å². The SMILES string of the molecule is O=S(O)O.O=S(O)O.O=S(O)O.O=S([O-])[O-].O=S([O-])[O-].O=S([O-])[O-].[Na+].[Na+].[Na+].[Na+].[Na+].[Na+]. The average molecular weight is 624 g/mol.